The number of hydrogen-bond donors (Lipinski definition) is 1. The minimum Gasteiger partial charge on any atom is -0.364 e. The van der Waals surface area contributed by atoms with Crippen LogP contribution in [-0.4, -0.2) is 10.9 Å². The van der Waals surface area contributed by atoms with Crippen molar-refractivity contribution < 1.29 is 13.6 Å². The van der Waals surface area contributed by atoms with Gasteiger partial charge in [0.05, 0.1) is 10.6 Å². The lowest BCUT2D eigenvalue weighted by molar-refractivity contribution is 0.1000. The van der Waals surface area contributed by atoms with Crippen LogP contribution in [0.5, 0.6) is 0 Å². The zero-order valence-electron chi connectivity index (χ0n) is 11.2. The number of amides is 1. The summed E-state index contributed by atoms with van der Waals surface area (Å²) in [5.41, 5.74) is 6.46. The van der Waals surface area contributed by atoms with Gasteiger partial charge in [0.25, 0.3) is 5.91 Å². The molecule has 0 saturated heterocycles. The van der Waals surface area contributed by atoms with E-state index in [1.165, 1.54) is 6.07 Å². The van der Waals surface area contributed by atoms with Crippen LogP contribution < -0.4 is 5.73 Å². The molecule has 0 aliphatic carbocycles. The van der Waals surface area contributed by atoms with Gasteiger partial charge in [0.2, 0.25) is 0 Å². The summed E-state index contributed by atoms with van der Waals surface area (Å²) in [6.45, 7) is 0. The van der Waals surface area contributed by atoms with E-state index in [1.807, 2.05) is 30.3 Å². The standard InChI is InChI=1S/C16H10F2N2OS/c17-10-6-7-11(12(18)8-10)13-14(9-4-2-1-3-5-9)22-16(20-13)15(19)21/h1-8H,(H2,19,21). The van der Waals surface area contributed by atoms with Crippen LogP contribution >= 0.6 is 11.3 Å². The molecule has 0 fully saturated rings. The van der Waals surface area contributed by atoms with E-state index >= 15 is 0 Å². The van der Waals surface area contributed by atoms with Crippen molar-refractivity contribution in [2.24, 2.45) is 5.73 Å². The average molecular weight is 316 g/mol. The van der Waals surface area contributed by atoms with Crippen molar-refractivity contribution in [2.45, 2.75) is 0 Å². The average Bonchev–Trinajstić information content (AvgIpc) is 2.93. The molecule has 0 aliphatic rings. The molecular formula is C16H10F2N2OS. The van der Waals surface area contributed by atoms with Crippen molar-refractivity contribution in [1.29, 1.82) is 0 Å². The summed E-state index contributed by atoms with van der Waals surface area (Å²) in [6.07, 6.45) is 0. The van der Waals surface area contributed by atoms with E-state index in [0.717, 1.165) is 29.0 Å². The van der Waals surface area contributed by atoms with Gasteiger partial charge >= 0.3 is 0 Å². The quantitative estimate of drug-likeness (QED) is 0.798. The number of nitrogens with two attached hydrogens (primary N) is 1. The fourth-order valence-corrected chi connectivity index (χ4v) is 3.01. The summed E-state index contributed by atoms with van der Waals surface area (Å²) in [5, 5.41) is 0.0811. The number of hydrogen-bond acceptors (Lipinski definition) is 3. The molecule has 0 unspecified atom stereocenters. The second-order valence-corrected chi connectivity index (χ2v) is 5.55. The largest absolute Gasteiger partial charge is 0.364 e. The van der Waals surface area contributed by atoms with Crippen molar-refractivity contribution in [3.8, 4) is 21.7 Å². The maximum atomic E-state index is 14.1. The van der Waals surface area contributed by atoms with Gasteiger partial charge in [0.15, 0.2) is 5.01 Å². The third-order valence-corrected chi connectivity index (χ3v) is 4.18. The summed E-state index contributed by atoms with van der Waals surface area (Å²) in [5.74, 6) is -2.10. The van der Waals surface area contributed by atoms with Crippen LogP contribution in [0, 0.1) is 11.6 Å². The third-order valence-electron chi connectivity index (χ3n) is 3.06. The van der Waals surface area contributed by atoms with Crippen molar-refractivity contribution >= 4 is 17.2 Å². The van der Waals surface area contributed by atoms with Crippen molar-refractivity contribution in [3.63, 3.8) is 0 Å². The van der Waals surface area contributed by atoms with Crippen LogP contribution in [0.1, 0.15) is 9.80 Å². The Morgan fingerprint density at radius 1 is 1.09 bits per heavy atom. The number of primary amides is 1. The second-order valence-electron chi connectivity index (χ2n) is 4.55. The Balaban J connectivity index is 2.24. The summed E-state index contributed by atoms with van der Waals surface area (Å²) < 4.78 is 27.1. The van der Waals surface area contributed by atoms with Crippen molar-refractivity contribution in [2.75, 3.05) is 0 Å². The Kier molecular flexibility index (Phi) is 3.68. The van der Waals surface area contributed by atoms with Gasteiger partial charge in [-0.25, -0.2) is 13.8 Å². The first-order chi connectivity index (χ1) is 10.6. The number of aromatic nitrogens is 1. The van der Waals surface area contributed by atoms with Gasteiger partial charge in [-0.05, 0) is 17.7 Å². The van der Waals surface area contributed by atoms with E-state index in [4.69, 9.17) is 5.73 Å². The van der Waals surface area contributed by atoms with Crippen molar-refractivity contribution in [3.05, 3.63) is 65.2 Å². The molecule has 1 amide bonds. The Hall–Kier alpha value is -2.60. The lowest BCUT2D eigenvalue weighted by Crippen LogP contribution is -2.10. The molecule has 2 aromatic carbocycles. The van der Waals surface area contributed by atoms with E-state index in [-0.39, 0.29) is 16.3 Å². The summed E-state index contributed by atoms with van der Waals surface area (Å²) in [6, 6.07) is 12.4. The normalized spacial score (nSPS) is 10.6. The highest BCUT2D eigenvalue weighted by molar-refractivity contribution is 7.17. The van der Waals surface area contributed by atoms with Gasteiger partial charge < -0.3 is 5.73 Å². The minimum absolute atomic E-state index is 0.0811. The predicted octanol–water partition coefficient (Wildman–Crippen LogP) is 3.85. The van der Waals surface area contributed by atoms with E-state index in [2.05, 4.69) is 4.98 Å². The third kappa shape index (κ3) is 2.60. The molecule has 1 aromatic heterocycles. The Morgan fingerprint density at radius 2 is 1.82 bits per heavy atom. The molecule has 0 radical (unpaired) electrons. The number of halogens is 2. The van der Waals surface area contributed by atoms with Gasteiger partial charge in [-0.3, -0.25) is 4.79 Å². The second kappa shape index (κ2) is 5.65. The highest BCUT2D eigenvalue weighted by Gasteiger charge is 2.20. The minimum atomic E-state index is -0.737. The number of benzene rings is 2. The Morgan fingerprint density at radius 3 is 2.45 bits per heavy atom. The zero-order chi connectivity index (χ0) is 15.7. The van der Waals surface area contributed by atoms with Gasteiger partial charge in [0.1, 0.15) is 11.6 Å². The van der Waals surface area contributed by atoms with Gasteiger partial charge in [-0.15, -0.1) is 11.3 Å². The lowest BCUT2D eigenvalue weighted by atomic mass is 10.1. The molecule has 0 aliphatic heterocycles. The van der Waals surface area contributed by atoms with Crippen molar-refractivity contribution in [1.82, 2.24) is 4.98 Å². The molecule has 0 saturated carbocycles. The van der Waals surface area contributed by atoms with Crippen LogP contribution in [0.4, 0.5) is 8.78 Å². The molecule has 110 valence electrons. The van der Waals surface area contributed by atoms with E-state index < -0.39 is 17.5 Å². The molecule has 0 bridgehead atoms. The summed E-state index contributed by atoms with van der Waals surface area (Å²) in [4.78, 5) is 16.1. The SMILES string of the molecule is NC(=O)c1nc(-c2ccc(F)cc2F)c(-c2ccccc2)s1. The molecule has 0 atom stereocenters. The van der Waals surface area contributed by atoms with E-state index in [9.17, 15) is 13.6 Å². The number of nitrogens with zero attached hydrogens (tertiary/aromatic N) is 1. The fraction of sp³-hybridized carbons (Fsp3) is 0. The number of carbonyl (C=O) groups excluding carboxylic acids is 1. The molecule has 3 aromatic rings. The molecule has 3 rings (SSSR count). The summed E-state index contributed by atoms with van der Waals surface area (Å²) >= 11 is 1.08. The Bertz CT molecular complexity index is 847. The van der Waals surface area contributed by atoms with Gasteiger partial charge in [-0.2, -0.15) is 0 Å². The maximum absolute atomic E-state index is 14.1. The van der Waals surface area contributed by atoms with Crippen LogP contribution in [-0.2, 0) is 0 Å². The van der Waals surface area contributed by atoms with Crippen LogP contribution in [0.2, 0.25) is 0 Å². The van der Waals surface area contributed by atoms with E-state index in [0.29, 0.717) is 4.88 Å². The smallest absolute Gasteiger partial charge is 0.277 e. The van der Waals surface area contributed by atoms with E-state index in [1.54, 1.807) is 0 Å². The van der Waals surface area contributed by atoms with Crippen LogP contribution in [0.25, 0.3) is 21.7 Å². The molecule has 3 nitrogen and oxygen atoms in total. The molecular weight excluding hydrogens is 306 g/mol. The Labute approximate surface area is 129 Å². The first kappa shape index (κ1) is 14.3. The van der Waals surface area contributed by atoms with Crippen LogP contribution in [0.3, 0.4) is 0 Å². The fourth-order valence-electron chi connectivity index (χ4n) is 2.07. The topological polar surface area (TPSA) is 56.0 Å². The summed E-state index contributed by atoms with van der Waals surface area (Å²) in [7, 11) is 0. The number of rotatable bonds is 3. The highest BCUT2D eigenvalue weighted by atomic mass is 32.1. The highest BCUT2D eigenvalue weighted by Crippen LogP contribution is 2.37. The lowest BCUT2D eigenvalue weighted by Gasteiger charge is -2.04. The zero-order valence-corrected chi connectivity index (χ0v) is 12.0. The first-order valence-corrected chi connectivity index (χ1v) is 7.19. The first-order valence-electron chi connectivity index (χ1n) is 6.37. The monoisotopic (exact) mass is 316 g/mol. The molecule has 22 heavy (non-hydrogen) atoms. The molecule has 0 spiro atoms. The number of carbonyl (C=O) groups is 1. The van der Waals surface area contributed by atoms with Gasteiger partial charge in [0, 0.05) is 11.6 Å². The molecule has 6 heteroatoms. The molecule has 2 N–H and O–H groups in total. The molecule has 1 heterocycles. The maximum Gasteiger partial charge on any atom is 0.277 e. The van der Waals surface area contributed by atoms with Gasteiger partial charge in [-0.1, -0.05) is 30.3 Å². The van der Waals surface area contributed by atoms with Crippen LogP contribution in [0.15, 0.2) is 48.5 Å². The number of thiazole rings is 1. The predicted molar refractivity (Wildman–Crippen MR) is 81.4 cm³/mol.